The van der Waals surface area contributed by atoms with Gasteiger partial charge in [-0.1, -0.05) is 20.3 Å². The van der Waals surface area contributed by atoms with Crippen LogP contribution in [0.2, 0.25) is 0 Å². The number of nitrogens with zero attached hydrogens (tertiary/aromatic N) is 2. The first kappa shape index (κ1) is 8.47. The van der Waals surface area contributed by atoms with Gasteiger partial charge in [-0.2, -0.15) is 0 Å². The number of hydrogen-bond donors (Lipinski definition) is 0. The van der Waals surface area contributed by atoms with Crippen LogP contribution in [0.15, 0.2) is 4.99 Å². The van der Waals surface area contributed by atoms with Gasteiger partial charge < -0.3 is 4.90 Å². The zero-order chi connectivity index (χ0) is 7.11. The van der Waals surface area contributed by atoms with E-state index in [0.29, 0.717) is 0 Å². The second-order valence-electron chi connectivity index (χ2n) is 2.21. The van der Waals surface area contributed by atoms with Crippen molar-refractivity contribution in [2.24, 2.45) is 4.99 Å². The minimum Gasteiger partial charge on any atom is -0.364 e. The SMILES string of the molecule is CCC.CN1C=NCC1. The molecule has 2 nitrogen and oxygen atoms in total. The third-order valence-corrected chi connectivity index (χ3v) is 0.861. The fourth-order valence-electron chi connectivity index (χ4n) is 0.470. The molecule has 54 valence electrons. The summed E-state index contributed by atoms with van der Waals surface area (Å²) >= 11 is 0. The molecule has 0 bridgehead atoms. The topological polar surface area (TPSA) is 15.6 Å². The molecule has 0 aromatic rings. The first-order valence-electron chi connectivity index (χ1n) is 3.51. The first-order chi connectivity index (χ1) is 4.31. The van der Waals surface area contributed by atoms with Crippen molar-refractivity contribution in [2.75, 3.05) is 20.1 Å². The van der Waals surface area contributed by atoms with Crippen LogP contribution in [0.1, 0.15) is 20.3 Å². The highest BCUT2D eigenvalue weighted by Gasteiger charge is 1.94. The van der Waals surface area contributed by atoms with Crippen LogP contribution in [0, 0.1) is 0 Å². The molecule has 1 rings (SSSR count). The van der Waals surface area contributed by atoms with Crippen molar-refractivity contribution in [3.63, 3.8) is 0 Å². The molecule has 0 atom stereocenters. The van der Waals surface area contributed by atoms with Gasteiger partial charge in [0, 0.05) is 13.6 Å². The van der Waals surface area contributed by atoms with Crippen LogP contribution in [0.25, 0.3) is 0 Å². The summed E-state index contributed by atoms with van der Waals surface area (Å²) in [4.78, 5) is 6.03. The molecule has 1 aliphatic heterocycles. The Kier molecular flexibility index (Phi) is 5.27. The normalized spacial score (nSPS) is 15.2. The fourth-order valence-corrected chi connectivity index (χ4v) is 0.470. The molecule has 0 aromatic heterocycles. The molecular weight excluding hydrogens is 112 g/mol. The molecule has 0 spiro atoms. The van der Waals surface area contributed by atoms with Crippen LogP contribution < -0.4 is 0 Å². The van der Waals surface area contributed by atoms with E-state index in [1.54, 1.807) is 0 Å². The lowest BCUT2D eigenvalue weighted by molar-refractivity contribution is 0.568. The molecular formula is C7H16N2. The van der Waals surface area contributed by atoms with Gasteiger partial charge in [0.05, 0.1) is 12.9 Å². The zero-order valence-corrected chi connectivity index (χ0v) is 6.59. The molecule has 0 fully saturated rings. The minimum absolute atomic E-state index is 0.983. The van der Waals surface area contributed by atoms with Crippen molar-refractivity contribution >= 4 is 6.34 Å². The second-order valence-corrected chi connectivity index (χ2v) is 2.21. The Labute approximate surface area is 57.6 Å². The van der Waals surface area contributed by atoms with Gasteiger partial charge in [0.15, 0.2) is 0 Å². The van der Waals surface area contributed by atoms with Gasteiger partial charge in [0.2, 0.25) is 0 Å². The number of likely N-dealkylation sites (N-methyl/N-ethyl adjacent to an activating group) is 1. The fraction of sp³-hybridized carbons (Fsp3) is 0.857. The number of rotatable bonds is 0. The molecule has 1 aliphatic rings. The third-order valence-electron chi connectivity index (χ3n) is 0.861. The quantitative estimate of drug-likeness (QED) is 0.481. The largest absolute Gasteiger partial charge is 0.364 e. The van der Waals surface area contributed by atoms with Gasteiger partial charge in [-0.15, -0.1) is 0 Å². The van der Waals surface area contributed by atoms with Gasteiger partial charge in [-0.25, -0.2) is 0 Å². The highest BCUT2D eigenvalue weighted by Crippen LogP contribution is 1.84. The molecule has 1 heterocycles. The van der Waals surface area contributed by atoms with Crippen molar-refractivity contribution in [1.29, 1.82) is 0 Å². The summed E-state index contributed by atoms with van der Waals surface area (Å²) in [6, 6.07) is 0. The minimum atomic E-state index is 0.983. The Morgan fingerprint density at radius 2 is 2.11 bits per heavy atom. The van der Waals surface area contributed by atoms with Crippen LogP contribution >= 0.6 is 0 Å². The standard InChI is InChI=1S/C4H8N2.C3H8/c1-6-3-2-5-4-6;1-3-2/h4H,2-3H2,1H3;3H2,1-2H3. The van der Waals surface area contributed by atoms with Crippen molar-refractivity contribution in [3.8, 4) is 0 Å². The van der Waals surface area contributed by atoms with E-state index in [4.69, 9.17) is 0 Å². The lowest BCUT2D eigenvalue weighted by Gasteiger charge is -1.99. The lowest BCUT2D eigenvalue weighted by Crippen LogP contribution is -2.11. The van der Waals surface area contributed by atoms with Crippen LogP contribution in [-0.2, 0) is 0 Å². The molecule has 0 radical (unpaired) electrons. The molecule has 9 heavy (non-hydrogen) atoms. The van der Waals surface area contributed by atoms with E-state index in [1.807, 2.05) is 13.4 Å². The Bertz CT molecular complexity index is 79.0. The maximum atomic E-state index is 3.97. The summed E-state index contributed by atoms with van der Waals surface area (Å²) in [5.74, 6) is 0. The molecule has 0 amide bonds. The maximum Gasteiger partial charge on any atom is 0.0848 e. The summed E-state index contributed by atoms with van der Waals surface area (Å²) in [6.45, 7) is 6.33. The molecule has 2 heteroatoms. The van der Waals surface area contributed by atoms with E-state index in [1.165, 1.54) is 6.42 Å². The zero-order valence-electron chi connectivity index (χ0n) is 6.59. The summed E-state index contributed by atoms with van der Waals surface area (Å²) in [7, 11) is 2.02. The summed E-state index contributed by atoms with van der Waals surface area (Å²) in [6.07, 6.45) is 3.11. The Morgan fingerprint density at radius 1 is 1.56 bits per heavy atom. The van der Waals surface area contributed by atoms with Crippen molar-refractivity contribution in [3.05, 3.63) is 0 Å². The second kappa shape index (κ2) is 5.60. The van der Waals surface area contributed by atoms with Gasteiger partial charge >= 0.3 is 0 Å². The van der Waals surface area contributed by atoms with Crippen LogP contribution in [0.3, 0.4) is 0 Å². The summed E-state index contributed by atoms with van der Waals surface area (Å²) < 4.78 is 0. The average Bonchev–Trinajstić information content (AvgIpc) is 2.20. The van der Waals surface area contributed by atoms with E-state index < -0.39 is 0 Å². The Morgan fingerprint density at radius 3 is 2.22 bits per heavy atom. The average molecular weight is 128 g/mol. The highest BCUT2D eigenvalue weighted by atomic mass is 15.2. The van der Waals surface area contributed by atoms with E-state index in [9.17, 15) is 0 Å². The van der Waals surface area contributed by atoms with Crippen molar-refractivity contribution < 1.29 is 0 Å². The van der Waals surface area contributed by atoms with Crippen LogP contribution in [0.5, 0.6) is 0 Å². The molecule has 0 aromatic carbocycles. The number of hydrogen-bond acceptors (Lipinski definition) is 2. The van der Waals surface area contributed by atoms with E-state index in [-0.39, 0.29) is 0 Å². The van der Waals surface area contributed by atoms with Gasteiger partial charge in [-0.3, -0.25) is 4.99 Å². The molecule has 0 unspecified atom stereocenters. The van der Waals surface area contributed by atoms with Gasteiger partial charge in [0.25, 0.3) is 0 Å². The smallest absolute Gasteiger partial charge is 0.0848 e. The Hall–Kier alpha value is -0.530. The maximum absolute atomic E-state index is 3.97. The summed E-state index contributed by atoms with van der Waals surface area (Å²) in [5, 5.41) is 0. The number of aliphatic imine (C=N–C) groups is 1. The lowest BCUT2D eigenvalue weighted by atomic mass is 10.6. The third kappa shape index (κ3) is 5.34. The highest BCUT2D eigenvalue weighted by molar-refractivity contribution is 5.56. The summed E-state index contributed by atoms with van der Waals surface area (Å²) in [5.41, 5.74) is 0. The monoisotopic (exact) mass is 128 g/mol. The van der Waals surface area contributed by atoms with Crippen LogP contribution in [-0.4, -0.2) is 31.4 Å². The predicted octanol–water partition coefficient (Wildman–Crippen LogP) is 1.38. The van der Waals surface area contributed by atoms with Gasteiger partial charge in [-0.05, 0) is 0 Å². The Balaban J connectivity index is 0.000000187. The van der Waals surface area contributed by atoms with E-state index in [2.05, 4.69) is 23.7 Å². The van der Waals surface area contributed by atoms with E-state index in [0.717, 1.165) is 13.1 Å². The van der Waals surface area contributed by atoms with E-state index >= 15 is 0 Å². The molecule has 0 saturated carbocycles. The first-order valence-corrected chi connectivity index (χ1v) is 3.51. The molecule has 0 saturated heterocycles. The molecule has 0 N–H and O–H groups in total. The van der Waals surface area contributed by atoms with Crippen LogP contribution in [0.4, 0.5) is 0 Å². The molecule has 0 aliphatic carbocycles. The van der Waals surface area contributed by atoms with Crippen molar-refractivity contribution in [2.45, 2.75) is 20.3 Å². The van der Waals surface area contributed by atoms with Crippen molar-refractivity contribution in [1.82, 2.24) is 4.90 Å². The predicted molar refractivity (Wildman–Crippen MR) is 42.0 cm³/mol. The van der Waals surface area contributed by atoms with Gasteiger partial charge in [0.1, 0.15) is 0 Å².